The number of carbonyl (C=O) groups excluding carboxylic acids is 2. The van der Waals surface area contributed by atoms with Crippen LogP contribution in [0.15, 0.2) is 43.0 Å². The SMILES string of the molecule is C=CC(=O)N1CCN(c2ccccc2)C(=O)C1.CC. The fourth-order valence-corrected chi connectivity index (χ4v) is 1.87. The first-order valence-corrected chi connectivity index (χ1v) is 6.49. The molecular weight excluding hydrogens is 240 g/mol. The third kappa shape index (κ3) is 3.68. The van der Waals surface area contributed by atoms with E-state index >= 15 is 0 Å². The smallest absolute Gasteiger partial charge is 0.246 e. The van der Waals surface area contributed by atoms with E-state index in [1.165, 1.54) is 11.0 Å². The number of nitrogens with zero attached hydrogens (tertiary/aromatic N) is 2. The first-order valence-electron chi connectivity index (χ1n) is 6.49. The lowest BCUT2D eigenvalue weighted by atomic mass is 10.2. The maximum Gasteiger partial charge on any atom is 0.246 e. The van der Waals surface area contributed by atoms with Gasteiger partial charge in [-0.15, -0.1) is 0 Å². The molecule has 0 aliphatic carbocycles. The van der Waals surface area contributed by atoms with Gasteiger partial charge in [0, 0.05) is 18.8 Å². The summed E-state index contributed by atoms with van der Waals surface area (Å²) in [7, 11) is 0. The molecule has 1 aliphatic rings. The molecule has 1 fully saturated rings. The van der Waals surface area contributed by atoms with E-state index in [0.29, 0.717) is 13.1 Å². The molecule has 1 aromatic carbocycles. The van der Waals surface area contributed by atoms with Gasteiger partial charge in [-0.25, -0.2) is 0 Å². The number of para-hydroxylation sites is 1. The fraction of sp³-hybridized carbons (Fsp3) is 0.333. The largest absolute Gasteiger partial charge is 0.328 e. The van der Waals surface area contributed by atoms with E-state index in [4.69, 9.17) is 0 Å². The summed E-state index contributed by atoms with van der Waals surface area (Å²) in [5.74, 6) is -0.247. The third-order valence-electron chi connectivity index (χ3n) is 2.77. The van der Waals surface area contributed by atoms with Crippen molar-refractivity contribution in [1.29, 1.82) is 0 Å². The molecule has 1 heterocycles. The van der Waals surface area contributed by atoms with Crippen molar-refractivity contribution in [2.75, 3.05) is 24.5 Å². The van der Waals surface area contributed by atoms with Gasteiger partial charge in [-0.2, -0.15) is 0 Å². The van der Waals surface area contributed by atoms with Crippen molar-refractivity contribution < 1.29 is 9.59 Å². The Labute approximate surface area is 114 Å². The molecule has 0 N–H and O–H groups in total. The molecule has 19 heavy (non-hydrogen) atoms. The summed E-state index contributed by atoms with van der Waals surface area (Å²) in [6.07, 6.45) is 1.24. The maximum absolute atomic E-state index is 11.9. The van der Waals surface area contributed by atoms with Crippen molar-refractivity contribution in [1.82, 2.24) is 4.90 Å². The Balaban J connectivity index is 0.000000861. The molecule has 102 valence electrons. The number of anilines is 1. The van der Waals surface area contributed by atoms with Crippen molar-refractivity contribution in [3.63, 3.8) is 0 Å². The highest BCUT2D eigenvalue weighted by atomic mass is 16.2. The van der Waals surface area contributed by atoms with E-state index in [9.17, 15) is 9.59 Å². The van der Waals surface area contributed by atoms with Gasteiger partial charge < -0.3 is 9.80 Å². The monoisotopic (exact) mass is 260 g/mol. The molecular formula is C15H20N2O2. The Morgan fingerprint density at radius 1 is 1.21 bits per heavy atom. The summed E-state index contributed by atoms with van der Waals surface area (Å²) in [6.45, 7) is 8.62. The Morgan fingerprint density at radius 2 is 1.84 bits per heavy atom. The predicted molar refractivity (Wildman–Crippen MR) is 76.9 cm³/mol. The zero-order valence-electron chi connectivity index (χ0n) is 11.5. The summed E-state index contributed by atoms with van der Waals surface area (Å²) in [5, 5.41) is 0. The second-order valence-electron chi connectivity index (χ2n) is 3.84. The Kier molecular flexibility index (Phi) is 5.79. The van der Waals surface area contributed by atoms with E-state index < -0.39 is 0 Å². The van der Waals surface area contributed by atoms with Crippen LogP contribution in [-0.2, 0) is 9.59 Å². The van der Waals surface area contributed by atoms with Crippen LogP contribution in [0.2, 0.25) is 0 Å². The average molecular weight is 260 g/mol. The van der Waals surface area contributed by atoms with E-state index in [2.05, 4.69) is 6.58 Å². The molecule has 0 spiro atoms. The third-order valence-corrected chi connectivity index (χ3v) is 2.77. The number of hydrogen-bond acceptors (Lipinski definition) is 2. The fourth-order valence-electron chi connectivity index (χ4n) is 1.87. The second-order valence-corrected chi connectivity index (χ2v) is 3.84. The van der Waals surface area contributed by atoms with Gasteiger partial charge in [0.2, 0.25) is 11.8 Å². The first kappa shape index (κ1) is 15.0. The lowest BCUT2D eigenvalue weighted by Gasteiger charge is -2.33. The number of carbonyl (C=O) groups is 2. The van der Waals surface area contributed by atoms with E-state index in [0.717, 1.165) is 5.69 Å². The number of benzene rings is 1. The quantitative estimate of drug-likeness (QED) is 0.764. The lowest BCUT2D eigenvalue weighted by molar-refractivity contribution is -0.133. The van der Waals surface area contributed by atoms with Gasteiger partial charge in [0.15, 0.2) is 0 Å². The summed E-state index contributed by atoms with van der Waals surface area (Å²) in [4.78, 5) is 26.5. The molecule has 0 saturated carbocycles. The Hall–Kier alpha value is -2.10. The molecule has 4 nitrogen and oxygen atoms in total. The summed E-state index contributed by atoms with van der Waals surface area (Å²) in [5.41, 5.74) is 0.878. The molecule has 0 atom stereocenters. The van der Waals surface area contributed by atoms with E-state index in [1.807, 2.05) is 44.2 Å². The Bertz CT molecular complexity index is 443. The lowest BCUT2D eigenvalue weighted by Crippen LogP contribution is -2.52. The highest BCUT2D eigenvalue weighted by Crippen LogP contribution is 2.16. The number of amides is 2. The molecule has 0 radical (unpaired) electrons. The van der Waals surface area contributed by atoms with Gasteiger partial charge in [0.25, 0.3) is 0 Å². The number of piperazine rings is 1. The van der Waals surface area contributed by atoms with Crippen molar-refractivity contribution in [3.8, 4) is 0 Å². The van der Waals surface area contributed by atoms with Crippen molar-refractivity contribution in [3.05, 3.63) is 43.0 Å². The zero-order valence-corrected chi connectivity index (χ0v) is 11.5. The number of rotatable bonds is 2. The van der Waals surface area contributed by atoms with Gasteiger partial charge in [-0.05, 0) is 18.2 Å². The molecule has 1 saturated heterocycles. The van der Waals surface area contributed by atoms with Gasteiger partial charge >= 0.3 is 0 Å². The normalized spacial score (nSPS) is 14.5. The molecule has 4 heteroatoms. The molecule has 0 bridgehead atoms. The van der Waals surface area contributed by atoms with E-state index in [1.54, 1.807) is 4.90 Å². The van der Waals surface area contributed by atoms with Crippen LogP contribution in [0.3, 0.4) is 0 Å². The van der Waals surface area contributed by atoms with Gasteiger partial charge in [-0.1, -0.05) is 38.6 Å². The van der Waals surface area contributed by atoms with Gasteiger partial charge in [-0.3, -0.25) is 9.59 Å². The van der Waals surface area contributed by atoms with Gasteiger partial charge in [0.05, 0.1) is 0 Å². The van der Waals surface area contributed by atoms with Crippen LogP contribution in [0.5, 0.6) is 0 Å². The summed E-state index contributed by atoms with van der Waals surface area (Å²) < 4.78 is 0. The zero-order chi connectivity index (χ0) is 14.3. The van der Waals surface area contributed by atoms with Crippen molar-refractivity contribution in [2.45, 2.75) is 13.8 Å². The highest BCUT2D eigenvalue weighted by Gasteiger charge is 2.26. The molecule has 2 rings (SSSR count). The van der Waals surface area contributed by atoms with Crippen LogP contribution in [0.4, 0.5) is 5.69 Å². The molecule has 0 unspecified atom stereocenters. The maximum atomic E-state index is 11.9. The Morgan fingerprint density at radius 3 is 2.37 bits per heavy atom. The topological polar surface area (TPSA) is 40.6 Å². The van der Waals surface area contributed by atoms with E-state index in [-0.39, 0.29) is 18.4 Å². The minimum atomic E-state index is -0.189. The van der Waals surface area contributed by atoms with Crippen molar-refractivity contribution in [2.24, 2.45) is 0 Å². The first-order chi connectivity index (χ1) is 9.22. The molecule has 2 amide bonds. The van der Waals surface area contributed by atoms with Gasteiger partial charge in [0.1, 0.15) is 6.54 Å². The van der Waals surface area contributed by atoms with Crippen LogP contribution < -0.4 is 4.90 Å². The molecule has 1 aromatic rings. The van der Waals surface area contributed by atoms with Crippen LogP contribution in [0.25, 0.3) is 0 Å². The second kappa shape index (κ2) is 7.36. The standard InChI is InChI=1S/C13H14N2O2.C2H6/c1-2-12(16)14-8-9-15(13(17)10-14)11-6-4-3-5-7-11;1-2/h2-7H,1,8-10H2;1-2H3. The van der Waals surface area contributed by atoms with Crippen LogP contribution in [-0.4, -0.2) is 36.3 Å². The van der Waals surface area contributed by atoms with Crippen LogP contribution in [0.1, 0.15) is 13.8 Å². The molecule has 1 aliphatic heterocycles. The predicted octanol–water partition coefficient (Wildman–Crippen LogP) is 2.07. The van der Waals surface area contributed by atoms with Crippen molar-refractivity contribution >= 4 is 17.5 Å². The van der Waals surface area contributed by atoms with Crippen LogP contribution in [0, 0.1) is 0 Å². The number of hydrogen-bond donors (Lipinski definition) is 0. The van der Waals surface area contributed by atoms with Crippen LogP contribution >= 0.6 is 0 Å². The average Bonchev–Trinajstić information content (AvgIpc) is 2.49. The minimum absolute atomic E-state index is 0.0577. The summed E-state index contributed by atoms with van der Waals surface area (Å²) >= 11 is 0. The molecule has 0 aromatic heterocycles. The minimum Gasteiger partial charge on any atom is -0.328 e. The highest BCUT2D eigenvalue weighted by molar-refractivity contribution is 5.99. The summed E-state index contributed by atoms with van der Waals surface area (Å²) in [6, 6.07) is 9.48.